The summed E-state index contributed by atoms with van der Waals surface area (Å²) in [6.07, 6.45) is 9.05. The lowest BCUT2D eigenvalue weighted by atomic mass is 10.0. The molecule has 1 atom stereocenters. The molecule has 1 unspecified atom stereocenters. The number of hydrogen-bond acceptors (Lipinski definition) is 2. The van der Waals surface area contributed by atoms with Crippen molar-refractivity contribution in [1.82, 2.24) is 5.32 Å². The molecule has 0 radical (unpaired) electrons. The zero-order chi connectivity index (χ0) is 15.3. The number of rotatable bonds is 12. The Bertz CT molecular complexity index is 335. The van der Waals surface area contributed by atoms with Crippen LogP contribution in [0, 0.1) is 5.92 Å². The molecule has 0 aliphatic carbocycles. The Balaban J connectivity index is 1.89. The second-order valence-corrected chi connectivity index (χ2v) is 6.51. The molecule has 0 heterocycles. The van der Waals surface area contributed by atoms with Crippen molar-refractivity contribution >= 4 is 0 Å². The van der Waals surface area contributed by atoms with Gasteiger partial charge in [-0.25, -0.2) is 0 Å². The van der Waals surface area contributed by atoms with E-state index < -0.39 is 0 Å². The van der Waals surface area contributed by atoms with Gasteiger partial charge in [0.15, 0.2) is 0 Å². The van der Waals surface area contributed by atoms with E-state index in [1.54, 1.807) is 0 Å². The van der Waals surface area contributed by atoms with E-state index in [-0.39, 0.29) is 6.04 Å². The van der Waals surface area contributed by atoms with E-state index in [1.807, 2.05) is 6.07 Å². The van der Waals surface area contributed by atoms with Crippen molar-refractivity contribution < 1.29 is 0 Å². The van der Waals surface area contributed by atoms with E-state index in [2.05, 4.69) is 43.4 Å². The van der Waals surface area contributed by atoms with Crippen LogP contribution in [0.2, 0.25) is 0 Å². The topological polar surface area (TPSA) is 38.0 Å². The van der Waals surface area contributed by atoms with Gasteiger partial charge in [0.05, 0.1) is 0 Å². The predicted molar refractivity (Wildman–Crippen MR) is 93.4 cm³/mol. The second kappa shape index (κ2) is 11.8. The highest BCUT2D eigenvalue weighted by molar-refractivity contribution is 5.18. The third-order valence-corrected chi connectivity index (χ3v) is 3.98. The molecule has 1 aromatic rings. The van der Waals surface area contributed by atoms with E-state index in [4.69, 9.17) is 5.73 Å². The van der Waals surface area contributed by atoms with Crippen LogP contribution in [-0.2, 0) is 0 Å². The quantitative estimate of drug-likeness (QED) is 0.549. The van der Waals surface area contributed by atoms with E-state index in [0.29, 0.717) is 0 Å². The molecular weight excluding hydrogens is 256 g/mol. The fraction of sp³-hybridized carbons (Fsp3) is 0.684. The van der Waals surface area contributed by atoms with Gasteiger partial charge in [-0.05, 0) is 43.8 Å². The highest BCUT2D eigenvalue weighted by Gasteiger charge is 2.04. The Morgan fingerprint density at radius 2 is 1.52 bits per heavy atom. The molecule has 120 valence electrons. The van der Waals surface area contributed by atoms with Gasteiger partial charge in [-0.2, -0.15) is 0 Å². The Kier molecular flexibility index (Phi) is 10.2. The van der Waals surface area contributed by atoms with Crippen LogP contribution in [0.15, 0.2) is 30.3 Å². The Hall–Kier alpha value is -0.860. The Morgan fingerprint density at radius 3 is 2.24 bits per heavy atom. The van der Waals surface area contributed by atoms with Gasteiger partial charge in [0.25, 0.3) is 0 Å². The van der Waals surface area contributed by atoms with Crippen LogP contribution in [-0.4, -0.2) is 13.1 Å². The molecule has 0 saturated heterocycles. The van der Waals surface area contributed by atoms with Gasteiger partial charge < -0.3 is 11.1 Å². The number of nitrogens with two attached hydrogens (primary N) is 1. The first kappa shape index (κ1) is 18.2. The number of nitrogens with one attached hydrogen (secondary N) is 1. The van der Waals surface area contributed by atoms with Crippen LogP contribution in [0.1, 0.15) is 70.4 Å². The van der Waals surface area contributed by atoms with Crippen LogP contribution in [0.5, 0.6) is 0 Å². The molecule has 2 heteroatoms. The highest BCUT2D eigenvalue weighted by Crippen LogP contribution is 2.14. The summed E-state index contributed by atoms with van der Waals surface area (Å²) in [7, 11) is 0. The van der Waals surface area contributed by atoms with Gasteiger partial charge in [-0.3, -0.25) is 0 Å². The van der Waals surface area contributed by atoms with E-state index >= 15 is 0 Å². The summed E-state index contributed by atoms with van der Waals surface area (Å²) in [6.45, 7) is 6.86. The minimum atomic E-state index is 0.184. The van der Waals surface area contributed by atoms with Gasteiger partial charge in [-0.15, -0.1) is 0 Å². The third kappa shape index (κ3) is 9.65. The average Bonchev–Trinajstić information content (AvgIpc) is 2.49. The number of benzene rings is 1. The molecule has 1 rings (SSSR count). The minimum absolute atomic E-state index is 0.184. The van der Waals surface area contributed by atoms with Crippen molar-refractivity contribution in [1.29, 1.82) is 0 Å². The van der Waals surface area contributed by atoms with Crippen molar-refractivity contribution in [2.75, 3.05) is 13.1 Å². The fourth-order valence-corrected chi connectivity index (χ4v) is 2.60. The van der Waals surface area contributed by atoms with Crippen LogP contribution < -0.4 is 11.1 Å². The molecule has 1 aromatic carbocycles. The van der Waals surface area contributed by atoms with Gasteiger partial charge in [0.1, 0.15) is 0 Å². The molecule has 0 spiro atoms. The maximum Gasteiger partial charge on any atom is 0.0295 e. The lowest BCUT2D eigenvalue weighted by Crippen LogP contribution is -2.19. The van der Waals surface area contributed by atoms with E-state index in [0.717, 1.165) is 31.8 Å². The fourth-order valence-electron chi connectivity index (χ4n) is 2.60. The van der Waals surface area contributed by atoms with E-state index in [9.17, 15) is 0 Å². The second-order valence-electron chi connectivity index (χ2n) is 6.51. The first-order chi connectivity index (χ1) is 10.2. The molecule has 0 aliphatic heterocycles. The predicted octanol–water partition coefficient (Wildman–Crippen LogP) is 4.66. The standard InChI is InChI=1S/C19H34N2/c1-17(2)11-6-3-4-9-15-21-16-10-14-19(20)18-12-7-5-8-13-18/h5,7-8,12-13,17,19,21H,3-4,6,9-11,14-16,20H2,1-2H3. The highest BCUT2D eigenvalue weighted by atomic mass is 14.8. The van der Waals surface area contributed by atoms with Crippen molar-refractivity contribution in [3.63, 3.8) is 0 Å². The molecule has 0 saturated carbocycles. The molecule has 3 N–H and O–H groups in total. The molecule has 0 bridgehead atoms. The molecular formula is C19H34N2. The Morgan fingerprint density at radius 1 is 0.857 bits per heavy atom. The number of hydrogen-bond donors (Lipinski definition) is 2. The van der Waals surface area contributed by atoms with E-state index in [1.165, 1.54) is 37.7 Å². The van der Waals surface area contributed by atoms with Crippen LogP contribution in [0.25, 0.3) is 0 Å². The monoisotopic (exact) mass is 290 g/mol. The summed E-state index contributed by atoms with van der Waals surface area (Å²) < 4.78 is 0. The zero-order valence-corrected chi connectivity index (χ0v) is 14.0. The summed E-state index contributed by atoms with van der Waals surface area (Å²) in [6, 6.07) is 10.6. The maximum absolute atomic E-state index is 6.19. The normalized spacial score (nSPS) is 12.8. The van der Waals surface area contributed by atoms with Gasteiger partial charge in [0.2, 0.25) is 0 Å². The molecule has 0 aromatic heterocycles. The first-order valence-corrected chi connectivity index (χ1v) is 8.71. The first-order valence-electron chi connectivity index (χ1n) is 8.71. The van der Waals surface area contributed by atoms with Crippen molar-refractivity contribution in [2.24, 2.45) is 11.7 Å². The van der Waals surface area contributed by atoms with Gasteiger partial charge in [0, 0.05) is 6.04 Å². The molecule has 2 nitrogen and oxygen atoms in total. The maximum atomic E-state index is 6.19. The molecule has 0 fully saturated rings. The molecule has 0 amide bonds. The lowest BCUT2D eigenvalue weighted by Gasteiger charge is -2.12. The van der Waals surface area contributed by atoms with Crippen molar-refractivity contribution in [3.05, 3.63) is 35.9 Å². The largest absolute Gasteiger partial charge is 0.324 e. The summed E-state index contributed by atoms with van der Waals surface area (Å²) in [4.78, 5) is 0. The van der Waals surface area contributed by atoms with Gasteiger partial charge in [-0.1, -0.05) is 69.9 Å². The summed E-state index contributed by atoms with van der Waals surface area (Å²) in [5.74, 6) is 0.858. The lowest BCUT2D eigenvalue weighted by molar-refractivity contribution is 0.506. The smallest absolute Gasteiger partial charge is 0.0295 e. The van der Waals surface area contributed by atoms with Crippen LogP contribution in [0.4, 0.5) is 0 Å². The van der Waals surface area contributed by atoms with Crippen LogP contribution >= 0.6 is 0 Å². The summed E-state index contributed by atoms with van der Waals surface area (Å²) in [5, 5.41) is 3.54. The summed E-state index contributed by atoms with van der Waals surface area (Å²) in [5.41, 5.74) is 7.44. The number of unbranched alkanes of at least 4 members (excludes halogenated alkanes) is 3. The Labute approximate surface area is 131 Å². The molecule has 0 aliphatic rings. The third-order valence-electron chi connectivity index (χ3n) is 3.98. The zero-order valence-electron chi connectivity index (χ0n) is 14.0. The average molecular weight is 290 g/mol. The summed E-state index contributed by atoms with van der Waals surface area (Å²) >= 11 is 0. The SMILES string of the molecule is CC(C)CCCCCCNCCCC(N)c1ccccc1. The molecule has 21 heavy (non-hydrogen) atoms. The van der Waals surface area contributed by atoms with Crippen molar-refractivity contribution in [3.8, 4) is 0 Å². The van der Waals surface area contributed by atoms with Crippen LogP contribution in [0.3, 0.4) is 0 Å². The van der Waals surface area contributed by atoms with Crippen molar-refractivity contribution in [2.45, 2.75) is 64.8 Å². The minimum Gasteiger partial charge on any atom is -0.324 e. The van der Waals surface area contributed by atoms with Gasteiger partial charge >= 0.3 is 0 Å².